The molecule has 0 bridgehead atoms. The van der Waals surface area contributed by atoms with E-state index in [1.54, 1.807) is 12.1 Å². The van der Waals surface area contributed by atoms with Crippen LogP contribution in [0, 0.1) is 16.0 Å². The maximum absolute atomic E-state index is 13.7. The van der Waals surface area contributed by atoms with Gasteiger partial charge in [0.15, 0.2) is 0 Å². The first-order valence-electron chi connectivity index (χ1n) is 12.6. The van der Waals surface area contributed by atoms with E-state index < -0.39 is 22.7 Å². The lowest BCUT2D eigenvalue weighted by Gasteiger charge is -2.40. The molecule has 0 radical (unpaired) electrons. The third kappa shape index (κ3) is 4.70. The Bertz CT molecular complexity index is 1230. The highest BCUT2D eigenvalue weighted by Gasteiger charge is 2.45. The smallest absolute Gasteiger partial charge is 0.336 e. The lowest BCUT2D eigenvalue weighted by atomic mass is 9.68. The van der Waals surface area contributed by atoms with E-state index in [0.717, 1.165) is 43.4 Å². The molecule has 2 aliphatic carbocycles. The minimum atomic E-state index is -0.580. The number of ketones is 1. The summed E-state index contributed by atoms with van der Waals surface area (Å²) in [6, 6.07) is 16.1. The first-order chi connectivity index (χ1) is 17.4. The van der Waals surface area contributed by atoms with Gasteiger partial charge in [0.05, 0.1) is 16.4 Å². The second-order valence-corrected chi connectivity index (χ2v) is 9.94. The van der Waals surface area contributed by atoms with E-state index in [4.69, 9.17) is 4.74 Å². The molecule has 3 aliphatic rings. The monoisotopic (exact) mass is 486 g/mol. The molecule has 3 atom stereocenters. The predicted molar refractivity (Wildman–Crippen MR) is 135 cm³/mol. The zero-order valence-corrected chi connectivity index (χ0v) is 20.3. The maximum atomic E-state index is 13.7. The Morgan fingerprint density at radius 2 is 1.67 bits per heavy atom. The number of nitrogens with one attached hydrogen (secondary N) is 1. The van der Waals surface area contributed by atoms with Gasteiger partial charge in [-0.25, -0.2) is 4.79 Å². The van der Waals surface area contributed by atoms with Crippen LogP contribution in [0.3, 0.4) is 0 Å². The number of Topliss-reactive ketones (excluding diaryl/α,β-unsaturated/α-hetero) is 1. The van der Waals surface area contributed by atoms with Crippen molar-refractivity contribution in [2.75, 3.05) is 0 Å². The number of rotatable bonds is 5. The highest BCUT2D eigenvalue weighted by molar-refractivity contribution is 5.96. The van der Waals surface area contributed by atoms with Crippen molar-refractivity contribution in [3.05, 3.63) is 98.9 Å². The van der Waals surface area contributed by atoms with Crippen LogP contribution < -0.4 is 5.32 Å². The van der Waals surface area contributed by atoms with Crippen LogP contribution in [0.25, 0.3) is 0 Å². The van der Waals surface area contributed by atoms with Gasteiger partial charge in [-0.05, 0) is 43.7 Å². The van der Waals surface area contributed by atoms with Gasteiger partial charge in [0, 0.05) is 41.8 Å². The number of nitro groups is 1. The second kappa shape index (κ2) is 10.1. The van der Waals surface area contributed by atoms with Gasteiger partial charge in [-0.15, -0.1) is 0 Å². The third-order valence-corrected chi connectivity index (χ3v) is 7.60. The zero-order chi connectivity index (χ0) is 25.2. The summed E-state index contributed by atoms with van der Waals surface area (Å²) in [4.78, 5) is 38.0. The summed E-state index contributed by atoms with van der Waals surface area (Å²) in [7, 11) is 0. The zero-order valence-electron chi connectivity index (χ0n) is 20.3. The van der Waals surface area contributed by atoms with Crippen LogP contribution in [0.4, 0.5) is 5.69 Å². The normalized spacial score (nSPS) is 24.4. The molecule has 36 heavy (non-hydrogen) atoms. The molecule has 1 heterocycles. The largest absolute Gasteiger partial charge is 0.459 e. The Kier molecular flexibility index (Phi) is 6.72. The fourth-order valence-electron chi connectivity index (χ4n) is 5.82. The standard InChI is InChI=1S/C29H30N2O5/c1-18-26(29(33)36-23-10-6-3-7-11-23)27(20-12-14-22(15-13-20)31(34)35)28-24(30-18)16-21(17-25(28)32)19-8-4-2-5-9-19/h2,4-5,8-9,12-16,21,23,27-28,30H,3,6-7,10-11,17H2,1H3. The summed E-state index contributed by atoms with van der Waals surface area (Å²) in [5.41, 5.74) is 3.59. The fraction of sp³-hybridized carbons (Fsp3) is 0.379. The van der Waals surface area contributed by atoms with Crippen LogP contribution in [0.2, 0.25) is 0 Å². The summed E-state index contributed by atoms with van der Waals surface area (Å²) in [5.74, 6) is -1.58. The molecule has 2 aromatic carbocycles. The molecule has 1 N–H and O–H groups in total. The number of allylic oxidation sites excluding steroid dienone is 3. The number of hydrogen-bond donors (Lipinski definition) is 1. The number of benzene rings is 2. The maximum Gasteiger partial charge on any atom is 0.336 e. The molecule has 1 aliphatic heterocycles. The molecule has 3 unspecified atom stereocenters. The van der Waals surface area contributed by atoms with Crippen molar-refractivity contribution < 1.29 is 19.2 Å². The van der Waals surface area contributed by atoms with E-state index in [1.807, 2.05) is 37.3 Å². The summed E-state index contributed by atoms with van der Waals surface area (Å²) in [6.45, 7) is 1.84. The van der Waals surface area contributed by atoms with E-state index in [9.17, 15) is 19.7 Å². The predicted octanol–water partition coefficient (Wildman–Crippen LogP) is 5.69. The molecule has 0 amide bonds. The number of nitrogens with zero attached hydrogens (tertiary/aromatic N) is 1. The van der Waals surface area contributed by atoms with Gasteiger partial charge >= 0.3 is 5.97 Å². The van der Waals surface area contributed by atoms with Gasteiger partial charge in [-0.1, -0.05) is 55.0 Å². The lowest BCUT2D eigenvalue weighted by molar-refractivity contribution is -0.384. The Labute approximate surface area is 210 Å². The number of hydrogen-bond acceptors (Lipinski definition) is 6. The van der Waals surface area contributed by atoms with Gasteiger partial charge in [0.1, 0.15) is 11.9 Å². The van der Waals surface area contributed by atoms with Crippen molar-refractivity contribution >= 4 is 17.4 Å². The van der Waals surface area contributed by atoms with Crippen molar-refractivity contribution in [3.63, 3.8) is 0 Å². The van der Waals surface area contributed by atoms with E-state index in [1.165, 1.54) is 12.1 Å². The van der Waals surface area contributed by atoms with E-state index in [0.29, 0.717) is 23.3 Å². The van der Waals surface area contributed by atoms with Crippen molar-refractivity contribution in [2.45, 2.75) is 63.4 Å². The molecule has 186 valence electrons. The molecular weight excluding hydrogens is 456 g/mol. The average molecular weight is 487 g/mol. The number of nitro benzene ring substituents is 1. The fourth-order valence-corrected chi connectivity index (χ4v) is 5.82. The number of non-ortho nitro benzene ring substituents is 1. The minimum Gasteiger partial charge on any atom is -0.459 e. The third-order valence-electron chi connectivity index (χ3n) is 7.60. The number of fused-ring (bicyclic) bond motifs is 1. The average Bonchev–Trinajstić information content (AvgIpc) is 2.89. The molecule has 5 rings (SSSR count). The van der Waals surface area contributed by atoms with Crippen LogP contribution in [0.15, 0.2) is 77.6 Å². The highest BCUT2D eigenvalue weighted by Crippen LogP contribution is 2.46. The van der Waals surface area contributed by atoms with Crippen molar-refractivity contribution in [2.24, 2.45) is 5.92 Å². The molecule has 7 nitrogen and oxygen atoms in total. The molecule has 2 aromatic rings. The van der Waals surface area contributed by atoms with Crippen LogP contribution >= 0.6 is 0 Å². The van der Waals surface area contributed by atoms with Crippen molar-refractivity contribution in [1.29, 1.82) is 0 Å². The SMILES string of the molecule is CC1=C(C(=O)OC2CCCCC2)C(c2ccc([N+](=O)[O-])cc2)C2C(=O)CC(c3ccccc3)C=C2N1. The quantitative estimate of drug-likeness (QED) is 0.331. The first-order valence-corrected chi connectivity index (χ1v) is 12.6. The Morgan fingerprint density at radius 1 is 0.972 bits per heavy atom. The summed E-state index contributed by atoms with van der Waals surface area (Å²) < 4.78 is 5.94. The number of carbonyl (C=O) groups is 2. The van der Waals surface area contributed by atoms with Gasteiger partial charge in [0.2, 0.25) is 0 Å². The Morgan fingerprint density at radius 3 is 2.33 bits per heavy atom. The summed E-state index contributed by atoms with van der Waals surface area (Å²) >= 11 is 0. The van der Waals surface area contributed by atoms with E-state index in [-0.39, 0.29) is 23.5 Å². The Balaban J connectivity index is 1.55. The van der Waals surface area contributed by atoms with E-state index in [2.05, 4.69) is 11.4 Å². The lowest BCUT2D eigenvalue weighted by Crippen LogP contribution is -2.42. The topological polar surface area (TPSA) is 98.5 Å². The Hall–Kier alpha value is -3.74. The van der Waals surface area contributed by atoms with E-state index >= 15 is 0 Å². The second-order valence-electron chi connectivity index (χ2n) is 9.94. The number of carbonyl (C=O) groups excluding carboxylic acids is 2. The minimum absolute atomic E-state index is 0.0328. The van der Waals surface area contributed by atoms with Crippen LogP contribution in [0.5, 0.6) is 0 Å². The number of esters is 1. The van der Waals surface area contributed by atoms with Gasteiger partial charge in [-0.2, -0.15) is 0 Å². The summed E-state index contributed by atoms with van der Waals surface area (Å²) in [5, 5.41) is 14.6. The molecule has 7 heteroatoms. The highest BCUT2D eigenvalue weighted by atomic mass is 16.6. The van der Waals surface area contributed by atoms with Gasteiger partial charge in [-0.3, -0.25) is 14.9 Å². The van der Waals surface area contributed by atoms with Crippen LogP contribution in [-0.2, 0) is 14.3 Å². The van der Waals surface area contributed by atoms with Crippen LogP contribution in [-0.4, -0.2) is 22.8 Å². The number of ether oxygens (including phenoxy) is 1. The first kappa shape index (κ1) is 24.0. The van der Waals surface area contributed by atoms with Gasteiger partial charge < -0.3 is 10.1 Å². The summed E-state index contributed by atoms with van der Waals surface area (Å²) in [6.07, 6.45) is 7.21. The van der Waals surface area contributed by atoms with Crippen molar-refractivity contribution in [3.8, 4) is 0 Å². The van der Waals surface area contributed by atoms with Gasteiger partial charge in [0.25, 0.3) is 5.69 Å². The molecule has 0 aromatic heterocycles. The molecule has 0 saturated heterocycles. The van der Waals surface area contributed by atoms with Crippen LogP contribution in [0.1, 0.15) is 68.4 Å². The molecule has 1 fully saturated rings. The molecule has 0 spiro atoms. The van der Waals surface area contributed by atoms with Crippen molar-refractivity contribution in [1.82, 2.24) is 5.32 Å². The molecule has 1 saturated carbocycles. The molecular formula is C29H30N2O5.